The number of benzene rings is 1. The fraction of sp³-hybridized carbons (Fsp3) is 0. The summed E-state index contributed by atoms with van der Waals surface area (Å²) in [5.41, 5.74) is 1.84. The minimum absolute atomic E-state index is 0.195. The van der Waals surface area contributed by atoms with E-state index in [0.29, 0.717) is 11.3 Å². The summed E-state index contributed by atoms with van der Waals surface area (Å²) >= 11 is 0. The second-order valence-corrected chi connectivity index (χ2v) is 4.57. The molecule has 1 aliphatic rings. The fourth-order valence-corrected chi connectivity index (χ4v) is 2.08. The van der Waals surface area contributed by atoms with Gasteiger partial charge in [-0.1, -0.05) is 0 Å². The highest BCUT2D eigenvalue weighted by atomic mass is 16.2. The topological polar surface area (TPSA) is 86.1 Å². The quantitative estimate of drug-likeness (QED) is 0.677. The first kappa shape index (κ1) is 13.5. The Morgan fingerprint density at radius 1 is 1.09 bits per heavy atom. The number of rotatable bonds is 2. The van der Waals surface area contributed by atoms with Crippen LogP contribution >= 0.6 is 0 Å². The molecule has 2 aromatic rings. The average Bonchev–Trinajstić information content (AvgIpc) is 2.82. The van der Waals surface area contributed by atoms with Crippen molar-refractivity contribution in [3.05, 3.63) is 65.6 Å². The lowest BCUT2D eigenvalue weighted by molar-refractivity contribution is -0.113. The predicted octanol–water partition coefficient (Wildman–Crippen LogP) is 2.05. The third-order valence-corrected chi connectivity index (χ3v) is 3.15. The van der Waals surface area contributed by atoms with Crippen LogP contribution in [0.5, 0.6) is 0 Å². The van der Waals surface area contributed by atoms with Crippen molar-refractivity contribution in [2.75, 3.05) is 4.90 Å². The van der Waals surface area contributed by atoms with Gasteiger partial charge in [0.1, 0.15) is 5.70 Å². The molecular formula is C16H10N4O2. The largest absolute Gasteiger partial charge is 0.333 e. The molecule has 1 N–H and O–H groups in total. The second kappa shape index (κ2) is 5.50. The summed E-state index contributed by atoms with van der Waals surface area (Å²) in [7, 11) is 0. The van der Waals surface area contributed by atoms with Crippen molar-refractivity contribution in [2.45, 2.75) is 0 Å². The maximum Gasteiger partial charge on any atom is 0.333 e. The van der Waals surface area contributed by atoms with Crippen molar-refractivity contribution in [3.63, 3.8) is 0 Å². The molecule has 2 heterocycles. The number of nitrogens with zero attached hydrogens (tertiary/aromatic N) is 3. The van der Waals surface area contributed by atoms with E-state index >= 15 is 0 Å². The van der Waals surface area contributed by atoms with E-state index in [1.165, 1.54) is 0 Å². The van der Waals surface area contributed by atoms with Gasteiger partial charge in [-0.3, -0.25) is 9.78 Å². The molecule has 0 aliphatic carbocycles. The molecule has 1 saturated heterocycles. The Labute approximate surface area is 126 Å². The van der Waals surface area contributed by atoms with Gasteiger partial charge in [0.25, 0.3) is 5.91 Å². The number of nitrogens with one attached hydrogen (secondary N) is 1. The molecule has 1 aliphatic heterocycles. The Kier molecular flexibility index (Phi) is 3.38. The summed E-state index contributed by atoms with van der Waals surface area (Å²) in [6.07, 6.45) is 4.80. The normalized spacial score (nSPS) is 15.8. The molecule has 6 heteroatoms. The number of hydrogen-bond donors (Lipinski definition) is 1. The first-order valence-electron chi connectivity index (χ1n) is 6.46. The van der Waals surface area contributed by atoms with Gasteiger partial charge in [-0.25, -0.2) is 9.69 Å². The van der Waals surface area contributed by atoms with Crippen LogP contribution in [0.4, 0.5) is 10.5 Å². The van der Waals surface area contributed by atoms with Crippen LogP contribution in [0.1, 0.15) is 11.1 Å². The molecule has 1 aromatic heterocycles. The van der Waals surface area contributed by atoms with Crippen molar-refractivity contribution < 1.29 is 9.59 Å². The highest BCUT2D eigenvalue weighted by molar-refractivity contribution is 6.28. The van der Waals surface area contributed by atoms with E-state index in [1.54, 1.807) is 54.9 Å². The monoisotopic (exact) mass is 290 g/mol. The molecule has 0 saturated carbocycles. The first-order valence-corrected chi connectivity index (χ1v) is 6.46. The number of anilines is 1. The van der Waals surface area contributed by atoms with Crippen LogP contribution < -0.4 is 10.2 Å². The number of carbonyl (C=O) groups is 2. The number of imide groups is 1. The van der Waals surface area contributed by atoms with Crippen LogP contribution in [0.2, 0.25) is 0 Å². The maximum atomic E-state index is 12.4. The van der Waals surface area contributed by atoms with E-state index in [2.05, 4.69) is 10.3 Å². The number of urea groups is 1. The van der Waals surface area contributed by atoms with Crippen molar-refractivity contribution in [1.82, 2.24) is 10.3 Å². The molecule has 22 heavy (non-hydrogen) atoms. The third-order valence-electron chi connectivity index (χ3n) is 3.15. The first-order chi connectivity index (χ1) is 10.7. The molecule has 1 aromatic carbocycles. The SMILES string of the molecule is N#Cc1ccc(N2C(=O)N/C(=C\c3ccncc3)C2=O)cc1. The van der Waals surface area contributed by atoms with Crippen LogP contribution in [0.3, 0.4) is 0 Å². The van der Waals surface area contributed by atoms with Gasteiger partial charge in [0, 0.05) is 12.4 Å². The zero-order valence-electron chi connectivity index (χ0n) is 11.4. The van der Waals surface area contributed by atoms with E-state index in [4.69, 9.17) is 5.26 Å². The molecule has 3 amide bonds. The predicted molar refractivity (Wildman–Crippen MR) is 79.4 cm³/mol. The molecule has 0 spiro atoms. The highest BCUT2D eigenvalue weighted by Gasteiger charge is 2.34. The number of hydrogen-bond acceptors (Lipinski definition) is 4. The number of amides is 3. The van der Waals surface area contributed by atoms with Crippen LogP contribution in [-0.4, -0.2) is 16.9 Å². The Morgan fingerprint density at radius 3 is 2.41 bits per heavy atom. The smallest absolute Gasteiger partial charge is 0.302 e. The van der Waals surface area contributed by atoms with Crippen LogP contribution in [0, 0.1) is 11.3 Å². The molecule has 6 nitrogen and oxygen atoms in total. The Balaban J connectivity index is 1.91. The van der Waals surface area contributed by atoms with Gasteiger partial charge in [0.15, 0.2) is 0 Å². The van der Waals surface area contributed by atoms with Gasteiger partial charge in [-0.05, 0) is 48.0 Å². The van der Waals surface area contributed by atoms with Crippen molar-refractivity contribution in [1.29, 1.82) is 5.26 Å². The molecule has 0 atom stereocenters. The van der Waals surface area contributed by atoms with Gasteiger partial charge in [0.05, 0.1) is 17.3 Å². The Bertz CT molecular complexity index is 804. The lowest BCUT2D eigenvalue weighted by Gasteiger charge is -2.11. The summed E-state index contributed by atoms with van der Waals surface area (Å²) in [6, 6.07) is 11.2. The van der Waals surface area contributed by atoms with Gasteiger partial charge in [0.2, 0.25) is 0 Å². The third kappa shape index (κ3) is 2.43. The average molecular weight is 290 g/mol. The van der Waals surface area contributed by atoms with Gasteiger partial charge in [-0.15, -0.1) is 0 Å². The van der Waals surface area contributed by atoms with Crippen LogP contribution in [-0.2, 0) is 4.79 Å². The molecule has 0 radical (unpaired) electrons. The molecule has 106 valence electrons. The number of pyridine rings is 1. The van der Waals surface area contributed by atoms with E-state index in [9.17, 15) is 9.59 Å². The van der Waals surface area contributed by atoms with Crippen molar-refractivity contribution in [2.24, 2.45) is 0 Å². The number of carbonyl (C=O) groups excluding carboxylic acids is 2. The molecule has 0 bridgehead atoms. The lowest BCUT2D eigenvalue weighted by Crippen LogP contribution is -2.30. The minimum atomic E-state index is -0.519. The molecular weight excluding hydrogens is 280 g/mol. The van der Waals surface area contributed by atoms with E-state index < -0.39 is 11.9 Å². The summed E-state index contributed by atoms with van der Waals surface area (Å²) in [5.74, 6) is -0.438. The van der Waals surface area contributed by atoms with Gasteiger partial charge < -0.3 is 5.32 Å². The summed E-state index contributed by atoms with van der Waals surface area (Å²) in [6.45, 7) is 0. The molecule has 0 unspecified atom stereocenters. The Hall–Kier alpha value is -3.46. The maximum absolute atomic E-state index is 12.4. The zero-order valence-corrected chi connectivity index (χ0v) is 11.4. The summed E-state index contributed by atoms with van der Waals surface area (Å²) in [5, 5.41) is 11.3. The van der Waals surface area contributed by atoms with Gasteiger partial charge in [-0.2, -0.15) is 5.26 Å². The fourth-order valence-electron chi connectivity index (χ4n) is 2.08. The lowest BCUT2D eigenvalue weighted by atomic mass is 10.2. The van der Waals surface area contributed by atoms with Crippen LogP contribution in [0.25, 0.3) is 6.08 Å². The van der Waals surface area contributed by atoms with E-state index in [-0.39, 0.29) is 5.70 Å². The van der Waals surface area contributed by atoms with Crippen LogP contribution in [0.15, 0.2) is 54.5 Å². The number of nitriles is 1. The standard InChI is InChI=1S/C16H10N4O2/c17-10-12-1-3-13(4-2-12)20-15(21)14(19-16(20)22)9-11-5-7-18-8-6-11/h1-9H,(H,19,22)/b14-9-. The number of aromatic nitrogens is 1. The second-order valence-electron chi connectivity index (χ2n) is 4.57. The van der Waals surface area contributed by atoms with E-state index in [0.717, 1.165) is 10.5 Å². The summed E-state index contributed by atoms with van der Waals surface area (Å²) < 4.78 is 0. The Morgan fingerprint density at radius 2 is 1.77 bits per heavy atom. The minimum Gasteiger partial charge on any atom is -0.302 e. The van der Waals surface area contributed by atoms with Gasteiger partial charge >= 0.3 is 6.03 Å². The molecule has 3 rings (SSSR count). The van der Waals surface area contributed by atoms with Crippen molar-refractivity contribution >= 4 is 23.7 Å². The zero-order chi connectivity index (χ0) is 15.5. The highest BCUT2D eigenvalue weighted by Crippen LogP contribution is 2.22. The van der Waals surface area contributed by atoms with E-state index in [1.807, 2.05) is 6.07 Å². The van der Waals surface area contributed by atoms with Crippen molar-refractivity contribution in [3.8, 4) is 6.07 Å². The summed E-state index contributed by atoms with van der Waals surface area (Å²) in [4.78, 5) is 29.3. The molecule has 1 fully saturated rings.